The van der Waals surface area contributed by atoms with Crippen molar-refractivity contribution in [2.45, 2.75) is 39.1 Å². The standard InChI is InChI=1S/C19H23N3O5S2/c1-10-12(29-8-21-10)6-5-11-7-28-16-13(20)15(23)22(16)14(11)17(24)26-9-27-18(25)19(2,3)4/h5-6,8,13,16H,7,9,20H2,1-4H3/t13?,16-/m1/s1. The van der Waals surface area contributed by atoms with Crippen molar-refractivity contribution in [3.63, 3.8) is 0 Å². The summed E-state index contributed by atoms with van der Waals surface area (Å²) in [6.45, 7) is 6.48. The summed E-state index contributed by atoms with van der Waals surface area (Å²) in [7, 11) is 0. The lowest BCUT2D eigenvalue weighted by Gasteiger charge is -2.48. The Labute approximate surface area is 177 Å². The first-order valence-corrected chi connectivity index (χ1v) is 10.9. The first kappa shape index (κ1) is 21.5. The number of amides is 1. The van der Waals surface area contributed by atoms with E-state index in [4.69, 9.17) is 15.2 Å². The molecule has 0 radical (unpaired) electrons. The minimum atomic E-state index is -0.724. The molecule has 156 valence electrons. The Morgan fingerprint density at radius 2 is 2.07 bits per heavy atom. The first-order chi connectivity index (χ1) is 13.6. The van der Waals surface area contributed by atoms with Crippen LogP contribution < -0.4 is 5.73 Å². The molecule has 2 aliphatic rings. The molecule has 1 fully saturated rings. The van der Waals surface area contributed by atoms with Gasteiger partial charge in [0.05, 0.1) is 16.6 Å². The second-order valence-corrected chi connectivity index (χ2v) is 9.67. The number of nitrogens with two attached hydrogens (primary N) is 1. The molecule has 1 saturated heterocycles. The van der Waals surface area contributed by atoms with Gasteiger partial charge in [-0.05, 0) is 39.3 Å². The lowest BCUT2D eigenvalue weighted by molar-refractivity contribution is -0.173. The number of ether oxygens (including phenoxy) is 2. The van der Waals surface area contributed by atoms with Crippen molar-refractivity contribution >= 4 is 47.0 Å². The first-order valence-electron chi connectivity index (χ1n) is 8.97. The quantitative estimate of drug-likeness (QED) is 0.423. The number of fused-ring (bicyclic) bond motifs is 1. The lowest BCUT2D eigenvalue weighted by atomic mass is 9.98. The average molecular weight is 438 g/mol. The molecule has 1 aromatic heterocycles. The van der Waals surface area contributed by atoms with Crippen LogP contribution in [-0.4, -0.2) is 51.7 Å². The Kier molecular flexibility index (Phi) is 6.16. The van der Waals surface area contributed by atoms with Gasteiger partial charge in [-0.25, -0.2) is 9.78 Å². The van der Waals surface area contributed by atoms with Crippen molar-refractivity contribution in [3.05, 3.63) is 33.4 Å². The van der Waals surface area contributed by atoms with E-state index < -0.39 is 30.2 Å². The maximum atomic E-state index is 12.8. The maximum absolute atomic E-state index is 12.8. The molecule has 10 heteroatoms. The fraction of sp³-hybridized carbons (Fsp3) is 0.474. The Morgan fingerprint density at radius 3 is 2.69 bits per heavy atom. The Hall–Kier alpha value is -2.17. The number of thiazole rings is 1. The van der Waals surface area contributed by atoms with Crippen LogP contribution in [0, 0.1) is 12.3 Å². The van der Waals surface area contributed by atoms with Gasteiger partial charge in [0.25, 0.3) is 0 Å². The van der Waals surface area contributed by atoms with E-state index in [1.807, 2.05) is 13.0 Å². The van der Waals surface area contributed by atoms with Crippen LogP contribution in [-0.2, 0) is 23.9 Å². The smallest absolute Gasteiger partial charge is 0.358 e. The molecule has 0 bridgehead atoms. The van der Waals surface area contributed by atoms with Gasteiger partial charge >= 0.3 is 11.9 Å². The molecule has 3 rings (SSSR count). The van der Waals surface area contributed by atoms with E-state index in [1.165, 1.54) is 28.0 Å². The molecule has 2 atom stereocenters. The number of carbonyl (C=O) groups excluding carboxylic acids is 3. The molecule has 3 heterocycles. The van der Waals surface area contributed by atoms with Crippen LogP contribution in [0.5, 0.6) is 0 Å². The third kappa shape index (κ3) is 4.39. The maximum Gasteiger partial charge on any atom is 0.358 e. The summed E-state index contributed by atoms with van der Waals surface area (Å²) < 4.78 is 10.2. The largest absolute Gasteiger partial charge is 0.427 e. The van der Waals surface area contributed by atoms with Crippen molar-refractivity contribution < 1.29 is 23.9 Å². The van der Waals surface area contributed by atoms with Crippen molar-refractivity contribution in [2.75, 3.05) is 12.5 Å². The zero-order valence-corrected chi connectivity index (χ0v) is 18.3. The minimum absolute atomic E-state index is 0.144. The summed E-state index contributed by atoms with van der Waals surface area (Å²) in [5.74, 6) is -1.04. The predicted molar refractivity (Wildman–Crippen MR) is 110 cm³/mol. The van der Waals surface area contributed by atoms with Crippen LogP contribution in [0.15, 0.2) is 22.9 Å². The van der Waals surface area contributed by atoms with E-state index >= 15 is 0 Å². The minimum Gasteiger partial charge on any atom is -0.427 e. The molecule has 1 aromatic rings. The number of nitrogens with zero attached hydrogens (tertiary/aromatic N) is 2. The van der Waals surface area contributed by atoms with Crippen LogP contribution in [0.4, 0.5) is 0 Å². The fourth-order valence-corrected chi connectivity index (χ4v) is 4.69. The molecular formula is C19H23N3O5S2. The van der Waals surface area contributed by atoms with Gasteiger partial charge in [0.15, 0.2) is 0 Å². The van der Waals surface area contributed by atoms with E-state index in [0.29, 0.717) is 11.3 Å². The number of β-lactam (4-membered cyclic amide) rings is 1. The molecular weight excluding hydrogens is 414 g/mol. The van der Waals surface area contributed by atoms with Crippen LogP contribution in [0.3, 0.4) is 0 Å². The summed E-state index contributed by atoms with van der Waals surface area (Å²) in [5.41, 5.74) is 8.57. The predicted octanol–water partition coefficient (Wildman–Crippen LogP) is 2.05. The lowest BCUT2D eigenvalue weighted by Crippen LogP contribution is -2.68. The van der Waals surface area contributed by atoms with Gasteiger partial charge in [-0.1, -0.05) is 6.08 Å². The number of carbonyl (C=O) groups is 3. The van der Waals surface area contributed by atoms with Gasteiger partial charge in [-0.3, -0.25) is 14.5 Å². The molecule has 0 spiro atoms. The highest BCUT2D eigenvalue weighted by Gasteiger charge is 2.51. The van der Waals surface area contributed by atoms with Crippen LogP contribution in [0.2, 0.25) is 0 Å². The molecule has 0 saturated carbocycles. The van der Waals surface area contributed by atoms with Crippen molar-refractivity contribution in [3.8, 4) is 0 Å². The normalized spacial score (nSPS) is 21.8. The number of hydrogen-bond acceptors (Lipinski definition) is 9. The summed E-state index contributed by atoms with van der Waals surface area (Å²) in [5, 5.41) is -0.301. The number of aromatic nitrogens is 1. The average Bonchev–Trinajstić information content (AvgIpc) is 3.08. The number of esters is 2. The molecule has 8 nitrogen and oxygen atoms in total. The number of aryl methyl sites for hydroxylation is 1. The summed E-state index contributed by atoms with van der Waals surface area (Å²) in [4.78, 5) is 43.4. The number of rotatable bonds is 5. The second kappa shape index (κ2) is 8.29. The zero-order chi connectivity index (χ0) is 21.3. The van der Waals surface area contributed by atoms with Gasteiger partial charge in [0.2, 0.25) is 12.7 Å². The van der Waals surface area contributed by atoms with E-state index in [1.54, 1.807) is 32.4 Å². The van der Waals surface area contributed by atoms with Crippen LogP contribution >= 0.6 is 23.1 Å². The van der Waals surface area contributed by atoms with Gasteiger partial charge < -0.3 is 15.2 Å². The van der Waals surface area contributed by atoms with Gasteiger partial charge in [-0.15, -0.1) is 23.1 Å². The highest BCUT2D eigenvalue weighted by atomic mass is 32.2. The molecule has 0 aliphatic carbocycles. The number of allylic oxidation sites excluding steroid dienone is 1. The zero-order valence-electron chi connectivity index (χ0n) is 16.6. The highest BCUT2D eigenvalue weighted by Crippen LogP contribution is 2.40. The SMILES string of the molecule is Cc1ncsc1C=CC1=C(C(=O)OCOC(=O)C(C)(C)C)N2C(=O)C(N)[C@H]2SC1. The summed E-state index contributed by atoms with van der Waals surface area (Å²) >= 11 is 2.98. The monoisotopic (exact) mass is 437 g/mol. The summed E-state index contributed by atoms with van der Waals surface area (Å²) in [6.07, 6.45) is 3.65. The molecule has 1 amide bonds. The Morgan fingerprint density at radius 1 is 1.34 bits per heavy atom. The third-order valence-electron chi connectivity index (χ3n) is 4.44. The van der Waals surface area contributed by atoms with Crippen molar-refractivity contribution in [1.29, 1.82) is 0 Å². The molecule has 29 heavy (non-hydrogen) atoms. The molecule has 2 aliphatic heterocycles. The van der Waals surface area contributed by atoms with E-state index in [-0.39, 0.29) is 17.0 Å². The fourth-order valence-electron chi connectivity index (χ4n) is 2.73. The second-order valence-electron chi connectivity index (χ2n) is 7.68. The van der Waals surface area contributed by atoms with E-state index in [0.717, 1.165) is 10.6 Å². The van der Waals surface area contributed by atoms with Crippen LogP contribution in [0.25, 0.3) is 6.08 Å². The number of thioether (sulfide) groups is 1. The topological polar surface area (TPSA) is 112 Å². The van der Waals surface area contributed by atoms with Gasteiger partial charge in [0, 0.05) is 10.6 Å². The van der Waals surface area contributed by atoms with Crippen molar-refractivity contribution in [2.24, 2.45) is 11.1 Å². The van der Waals surface area contributed by atoms with Gasteiger partial charge in [-0.2, -0.15) is 0 Å². The van der Waals surface area contributed by atoms with Gasteiger partial charge in [0.1, 0.15) is 17.1 Å². The van der Waals surface area contributed by atoms with E-state index in [9.17, 15) is 14.4 Å². The molecule has 1 unspecified atom stereocenters. The number of hydrogen-bond donors (Lipinski definition) is 1. The molecule has 2 N–H and O–H groups in total. The third-order valence-corrected chi connectivity index (χ3v) is 6.66. The van der Waals surface area contributed by atoms with Crippen LogP contribution in [0.1, 0.15) is 31.3 Å². The Bertz CT molecular complexity index is 900. The van der Waals surface area contributed by atoms with E-state index in [2.05, 4.69) is 4.98 Å². The summed E-state index contributed by atoms with van der Waals surface area (Å²) in [6, 6.07) is -0.643. The highest BCUT2D eigenvalue weighted by molar-refractivity contribution is 8.00. The Balaban J connectivity index is 1.80. The van der Waals surface area contributed by atoms with Crippen molar-refractivity contribution in [1.82, 2.24) is 9.88 Å². The molecule has 0 aromatic carbocycles.